The van der Waals surface area contributed by atoms with Crippen molar-refractivity contribution >= 4 is 23.3 Å². The van der Waals surface area contributed by atoms with Crippen molar-refractivity contribution in [2.75, 3.05) is 23.3 Å². The fourth-order valence-electron chi connectivity index (χ4n) is 4.01. The molecule has 0 spiro atoms. The maximum Gasteiger partial charge on any atom is 0.324 e. The molecule has 3 aromatic carbocycles. The summed E-state index contributed by atoms with van der Waals surface area (Å²) in [5, 5.41) is 3.00. The van der Waals surface area contributed by atoms with Gasteiger partial charge < -0.3 is 10.2 Å². The third-order valence-corrected chi connectivity index (χ3v) is 5.65. The van der Waals surface area contributed by atoms with Crippen LogP contribution in [0.3, 0.4) is 0 Å². The molecule has 1 N–H and O–H groups in total. The largest absolute Gasteiger partial charge is 0.324 e. The van der Waals surface area contributed by atoms with Crippen LogP contribution in [0, 0.1) is 19.7 Å². The molecule has 3 amide bonds. The van der Waals surface area contributed by atoms with E-state index in [0.717, 1.165) is 23.1 Å². The third kappa shape index (κ3) is 4.64. The highest BCUT2D eigenvalue weighted by Gasteiger charge is 2.29. The molecule has 4 rings (SSSR count). The van der Waals surface area contributed by atoms with Crippen LogP contribution in [0.15, 0.2) is 66.7 Å². The lowest BCUT2D eigenvalue weighted by molar-refractivity contribution is 0.102. The van der Waals surface area contributed by atoms with Gasteiger partial charge in [-0.2, -0.15) is 0 Å². The van der Waals surface area contributed by atoms with Crippen molar-refractivity contribution in [3.63, 3.8) is 0 Å². The molecule has 1 saturated heterocycles. The molecule has 3 aromatic rings. The van der Waals surface area contributed by atoms with Gasteiger partial charge in [0.25, 0.3) is 5.91 Å². The van der Waals surface area contributed by atoms with Gasteiger partial charge in [-0.05, 0) is 67.3 Å². The van der Waals surface area contributed by atoms with Crippen molar-refractivity contribution in [2.24, 2.45) is 0 Å². The molecule has 1 aliphatic rings. The predicted octanol–water partition coefficient (Wildman–Crippen LogP) is 5.53. The fourth-order valence-corrected chi connectivity index (χ4v) is 4.01. The number of carbonyl (C=O) groups is 2. The number of amides is 3. The van der Waals surface area contributed by atoms with Crippen LogP contribution in [0.1, 0.15) is 33.5 Å². The summed E-state index contributed by atoms with van der Waals surface area (Å²) < 4.78 is 13.6. The van der Waals surface area contributed by atoms with Crippen LogP contribution < -0.4 is 10.2 Å². The minimum Gasteiger partial charge on any atom is -0.320 e. The number of hydrogen-bond acceptors (Lipinski definition) is 2. The van der Waals surface area contributed by atoms with Gasteiger partial charge in [0.1, 0.15) is 5.82 Å². The first-order valence-corrected chi connectivity index (χ1v) is 10.7. The maximum atomic E-state index is 13.6. The molecule has 1 aliphatic heterocycles. The Morgan fingerprint density at radius 1 is 1.00 bits per heavy atom. The molecule has 32 heavy (non-hydrogen) atoms. The number of hydrogen-bond donors (Lipinski definition) is 1. The van der Waals surface area contributed by atoms with Crippen LogP contribution in [0.25, 0.3) is 0 Å². The molecule has 0 radical (unpaired) electrons. The molecule has 0 saturated carbocycles. The second kappa shape index (κ2) is 9.22. The fraction of sp³-hybridized carbons (Fsp3) is 0.231. The van der Waals surface area contributed by atoms with E-state index in [1.54, 1.807) is 21.9 Å². The summed E-state index contributed by atoms with van der Waals surface area (Å²) in [6.07, 6.45) is 0.778. The Kier molecular flexibility index (Phi) is 6.21. The molecular weight excluding hydrogens is 405 g/mol. The number of benzene rings is 3. The second-order valence-corrected chi connectivity index (χ2v) is 8.13. The van der Waals surface area contributed by atoms with Crippen LogP contribution in [-0.2, 0) is 6.54 Å². The number of aryl methyl sites for hydroxylation is 2. The van der Waals surface area contributed by atoms with Crippen molar-refractivity contribution in [1.29, 1.82) is 0 Å². The number of nitrogens with zero attached hydrogens (tertiary/aromatic N) is 2. The van der Waals surface area contributed by atoms with Gasteiger partial charge in [0.15, 0.2) is 0 Å². The minimum absolute atomic E-state index is 0.157. The third-order valence-electron chi connectivity index (χ3n) is 5.65. The zero-order valence-electron chi connectivity index (χ0n) is 18.3. The highest BCUT2D eigenvalue weighted by molar-refractivity contribution is 6.08. The lowest BCUT2D eigenvalue weighted by Gasteiger charge is -2.36. The van der Waals surface area contributed by atoms with E-state index in [0.29, 0.717) is 36.6 Å². The van der Waals surface area contributed by atoms with E-state index in [9.17, 15) is 14.0 Å². The van der Waals surface area contributed by atoms with Gasteiger partial charge in [-0.3, -0.25) is 9.69 Å². The van der Waals surface area contributed by atoms with Crippen LogP contribution in [0.5, 0.6) is 0 Å². The molecule has 0 aliphatic carbocycles. The van der Waals surface area contributed by atoms with Crippen LogP contribution in [0.4, 0.5) is 20.6 Å². The quantitative estimate of drug-likeness (QED) is 0.578. The summed E-state index contributed by atoms with van der Waals surface area (Å²) in [6.45, 7) is 5.33. The normalized spacial score (nSPS) is 13.9. The molecule has 5 nitrogen and oxygen atoms in total. The van der Waals surface area contributed by atoms with Gasteiger partial charge in [-0.15, -0.1) is 0 Å². The van der Waals surface area contributed by atoms with Gasteiger partial charge in [0, 0.05) is 25.2 Å². The molecule has 1 fully saturated rings. The van der Waals surface area contributed by atoms with Crippen LogP contribution in [0.2, 0.25) is 0 Å². The molecule has 0 aromatic heterocycles. The summed E-state index contributed by atoms with van der Waals surface area (Å²) in [5.74, 6) is -0.528. The highest BCUT2D eigenvalue weighted by atomic mass is 19.1. The van der Waals surface area contributed by atoms with Gasteiger partial charge >= 0.3 is 6.03 Å². The van der Waals surface area contributed by atoms with E-state index < -0.39 is 0 Å². The Morgan fingerprint density at radius 3 is 2.59 bits per heavy atom. The van der Waals surface area contributed by atoms with Crippen molar-refractivity contribution in [3.05, 3.63) is 94.8 Å². The SMILES string of the molecule is Cc1ccc(N2CCCN(Cc3cccc(F)c3)C2=O)c(NC(=O)c2ccccc2C)c1. The predicted molar refractivity (Wildman–Crippen MR) is 124 cm³/mol. The number of rotatable bonds is 5. The Morgan fingerprint density at radius 2 is 1.81 bits per heavy atom. The Hall–Kier alpha value is -3.67. The number of urea groups is 1. The Balaban J connectivity index is 1.59. The van der Waals surface area contributed by atoms with Crippen molar-refractivity contribution in [3.8, 4) is 0 Å². The average Bonchev–Trinajstić information content (AvgIpc) is 2.76. The smallest absolute Gasteiger partial charge is 0.320 e. The summed E-state index contributed by atoms with van der Waals surface area (Å²) in [4.78, 5) is 29.7. The summed E-state index contributed by atoms with van der Waals surface area (Å²) in [5.41, 5.74) is 4.46. The van der Waals surface area contributed by atoms with Crippen molar-refractivity contribution in [1.82, 2.24) is 4.90 Å². The first-order chi connectivity index (χ1) is 15.4. The average molecular weight is 432 g/mol. The summed E-state index contributed by atoms with van der Waals surface area (Å²) in [7, 11) is 0. The van der Waals surface area contributed by atoms with Gasteiger partial charge in [-0.25, -0.2) is 9.18 Å². The Labute approximate surface area is 187 Å². The zero-order valence-corrected chi connectivity index (χ0v) is 18.3. The molecule has 0 unspecified atom stereocenters. The van der Waals surface area contributed by atoms with E-state index in [-0.39, 0.29) is 17.8 Å². The monoisotopic (exact) mass is 431 g/mol. The highest BCUT2D eigenvalue weighted by Crippen LogP contribution is 2.31. The number of anilines is 2. The summed E-state index contributed by atoms with van der Waals surface area (Å²) >= 11 is 0. The van der Waals surface area contributed by atoms with E-state index in [1.807, 2.05) is 56.3 Å². The standard InChI is InChI=1S/C26H26FN3O2/c1-18-11-12-24(23(15-18)28-25(31)22-10-4-3-7-19(22)2)30-14-6-13-29(26(30)32)17-20-8-5-9-21(27)16-20/h3-5,7-12,15-16H,6,13-14,17H2,1-2H3,(H,28,31). The van der Waals surface area contributed by atoms with Gasteiger partial charge in [-0.1, -0.05) is 36.4 Å². The van der Waals surface area contributed by atoms with E-state index in [2.05, 4.69) is 5.32 Å². The Bertz CT molecular complexity index is 1160. The number of carbonyl (C=O) groups excluding carboxylic acids is 2. The number of halogens is 1. The molecule has 164 valence electrons. The molecule has 6 heteroatoms. The molecular formula is C26H26FN3O2. The van der Waals surface area contributed by atoms with E-state index >= 15 is 0 Å². The topological polar surface area (TPSA) is 52.6 Å². The molecule has 1 heterocycles. The zero-order chi connectivity index (χ0) is 22.7. The van der Waals surface area contributed by atoms with Crippen LogP contribution in [-0.4, -0.2) is 29.9 Å². The van der Waals surface area contributed by atoms with Gasteiger partial charge in [0.05, 0.1) is 11.4 Å². The minimum atomic E-state index is -0.316. The maximum absolute atomic E-state index is 13.6. The first-order valence-electron chi connectivity index (χ1n) is 10.7. The van der Waals surface area contributed by atoms with Crippen molar-refractivity contribution in [2.45, 2.75) is 26.8 Å². The summed E-state index contributed by atoms with van der Waals surface area (Å²) in [6, 6.07) is 19.2. The lowest BCUT2D eigenvalue weighted by atomic mass is 10.1. The van der Waals surface area contributed by atoms with E-state index in [4.69, 9.17) is 0 Å². The molecule has 0 atom stereocenters. The number of nitrogens with one attached hydrogen (secondary N) is 1. The first kappa shape index (κ1) is 21.6. The molecule has 0 bridgehead atoms. The lowest BCUT2D eigenvalue weighted by Crippen LogP contribution is -2.49. The van der Waals surface area contributed by atoms with Crippen molar-refractivity contribution < 1.29 is 14.0 Å². The second-order valence-electron chi connectivity index (χ2n) is 8.13. The van der Waals surface area contributed by atoms with E-state index in [1.165, 1.54) is 12.1 Å². The van der Waals surface area contributed by atoms with Crippen LogP contribution >= 0.6 is 0 Å². The van der Waals surface area contributed by atoms with Gasteiger partial charge in [0.2, 0.25) is 0 Å².